The molecule has 0 radical (unpaired) electrons. The van der Waals surface area contributed by atoms with Gasteiger partial charge in [-0.05, 0) is 30.7 Å². The average Bonchev–Trinajstić information content (AvgIpc) is 3.35. The highest BCUT2D eigenvalue weighted by atomic mass is 16.2. The zero-order valence-electron chi connectivity index (χ0n) is 19.6. The summed E-state index contributed by atoms with van der Waals surface area (Å²) < 4.78 is 2.07. The fraction of sp³-hybridized carbons (Fsp3) is 0.214. The maximum absolute atomic E-state index is 12.9. The molecule has 3 heterocycles. The Morgan fingerprint density at radius 2 is 1.63 bits per heavy atom. The first-order valence-electron chi connectivity index (χ1n) is 11.9. The van der Waals surface area contributed by atoms with Gasteiger partial charge in [0, 0.05) is 37.1 Å². The summed E-state index contributed by atoms with van der Waals surface area (Å²) in [7, 11) is 0. The number of anilines is 1. The van der Waals surface area contributed by atoms with Crippen LogP contribution in [0.25, 0.3) is 27.9 Å². The lowest BCUT2D eigenvalue weighted by atomic mass is 10.1. The zero-order chi connectivity index (χ0) is 23.8. The molecule has 174 valence electrons. The van der Waals surface area contributed by atoms with E-state index in [4.69, 9.17) is 4.98 Å². The van der Waals surface area contributed by atoms with Gasteiger partial charge in [-0.2, -0.15) is 0 Å². The second-order valence-electron chi connectivity index (χ2n) is 9.01. The number of carbonyl (C=O) groups is 1. The number of hydrogen-bond acceptors (Lipinski definition) is 5. The van der Waals surface area contributed by atoms with E-state index in [-0.39, 0.29) is 5.91 Å². The Bertz CT molecular complexity index is 1520. The second kappa shape index (κ2) is 8.83. The molecule has 0 aliphatic carbocycles. The van der Waals surface area contributed by atoms with Crippen molar-refractivity contribution < 1.29 is 4.79 Å². The van der Waals surface area contributed by atoms with Gasteiger partial charge in [0.25, 0.3) is 0 Å². The normalized spacial score (nSPS) is 14.1. The number of rotatable bonds is 4. The minimum absolute atomic E-state index is 0.164. The quantitative estimate of drug-likeness (QED) is 0.402. The predicted octanol–water partition coefficient (Wildman–Crippen LogP) is 4.14. The van der Waals surface area contributed by atoms with Crippen molar-refractivity contribution in [2.24, 2.45) is 0 Å². The summed E-state index contributed by atoms with van der Waals surface area (Å²) in [6.45, 7) is 4.79. The third-order valence-electron chi connectivity index (χ3n) is 6.62. The molecule has 35 heavy (non-hydrogen) atoms. The van der Waals surface area contributed by atoms with Crippen LogP contribution in [0.1, 0.15) is 11.1 Å². The molecule has 7 nitrogen and oxygen atoms in total. The summed E-state index contributed by atoms with van der Waals surface area (Å²) in [5.41, 5.74) is 4.91. The molecule has 1 fully saturated rings. The van der Waals surface area contributed by atoms with Gasteiger partial charge >= 0.3 is 0 Å². The third-order valence-corrected chi connectivity index (χ3v) is 6.62. The average molecular weight is 463 g/mol. The lowest BCUT2D eigenvalue weighted by Gasteiger charge is -2.35. The van der Waals surface area contributed by atoms with E-state index in [2.05, 4.69) is 44.6 Å². The highest BCUT2D eigenvalue weighted by Crippen LogP contribution is 2.29. The van der Waals surface area contributed by atoms with E-state index in [0.29, 0.717) is 32.6 Å². The van der Waals surface area contributed by atoms with Gasteiger partial charge in [0.2, 0.25) is 11.9 Å². The summed E-state index contributed by atoms with van der Waals surface area (Å²) in [6.07, 6.45) is 0.433. The van der Waals surface area contributed by atoms with Crippen molar-refractivity contribution in [3.05, 3.63) is 90.0 Å². The van der Waals surface area contributed by atoms with Gasteiger partial charge in [0.1, 0.15) is 0 Å². The van der Waals surface area contributed by atoms with Crippen LogP contribution in [0.4, 0.5) is 5.95 Å². The second-order valence-corrected chi connectivity index (χ2v) is 9.01. The molecule has 0 spiro atoms. The summed E-state index contributed by atoms with van der Waals surface area (Å²) >= 11 is 0. The molecular formula is C28H26N6O. The molecule has 0 bridgehead atoms. The summed E-state index contributed by atoms with van der Waals surface area (Å²) in [6, 6.07) is 26.3. The molecule has 1 aliphatic heterocycles. The van der Waals surface area contributed by atoms with E-state index >= 15 is 0 Å². The Hall–Kier alpha value is -4.26. The van der Waals surface area contributed by atoms with Crippen LogP contribution in [-0.2, 0) is 11.2 Å². The monoisotopic (exact) mass is 462 g/mol. The molecule has 1 amide bonds. The maximum atomic E-state index is 12.9. The fourth-order valence-electron chi connectivity index (χ4n) is 4.79. The van der Waals surface area contributed by atoms with E-state index in [0.717, 1.165) is 39.4 Å². The standard InChI is InChI=1S/C28H26N6O/c1-20-8-7-11-22(18-20)26-30-31-27-23-12-5-6-13-24(23)29-28(34(26)27)33-16-14-32(15-17-33)25(35)19-21-9-3-2-4-10-21/h2-13,18H,14-17,19H2,1H3. The highest BCUT2D eigenvalue weighted by Gasteiger charge is 2.26. The van der Waals surface area contributed by atoms with Crippen LogP contribution in [0.3, 0.4) is 0 Å². The predicted molar refractivity (Wildman–Crippen MR) is 137 cm³/mol. The number of aryl methyl sites for hydroxylation is 1. The van der Waals surface area contributed by atoms with Gasteiger partial charge in [-0.25, -0.2) is 9.38 Å². The van der Waals surface area contributed by atoms with E-state index in [1.54, 1.807) is 0 Å². The Balaban J connectivity index is 1.34. The number of carbonyl (C=O) groups excluding carboxylic acids is 1. The SMILES string of the molecule is Cc1cccc(-c2nnc3c4ccccc4nc(N4CCN(C(=O)Cc5ccccc5)CC4)n23)c1. The first kappa shape index (κ1) is 21.3. The number of benzene rings is 3. The van der Waals surface area contributed by atoms with Crippen LogP contribution in [0.5, 0.6) is 0 Å². The van der Waals surface area contributed by atoms with Crippen LogP contribution in [0, 0.1) is 6.92 Å². The van der Waals surface area contributed by atoms with Crippen molar-refractivity contribution >= 4 is 28.4 Å². The smallest absolute Gasteiger partial charge is 0.227 e. The molecule has 5 aromatic rings. The number of fused-ring (bicyclic) bond motifs is 3. The number of nitrogens with zero attached hydrogens (tertiary/aromatic N) is 6. The molecule has 0 saturated carbocycles. The zero-order valence-corrected chi connectivity index (χ0v) is 19.6. The van der Waals surface area contributed by atoms with Crippen molar-refractivity contribution in [2.45, 2.75) is 13.3 Å². The molecular weight excluding hydrogens is 436 g/mol. The number of para-hydroxylation sites is 1. The lowest BCUT2D eigenvalue weighted by molar-refractivity contribution is -0.130. The molecule has 7 heteroatoms. The van der Waals surface area contributed by atoms with E-state index in [9.17, 15) is 4.79 Å². The lowest BCUT2D eigenvalue weighted by Crippen LogP contribution is -2.50. The molecule has 2 aromatic heterocycles. The largest absolute Gasteiger partial charge is 0.339 e. The highest BCUT2D eigenvalue weighted by molar-refractivity contribution is 5.93. The number of amides is 1. The van der Waals surface area contributed by atoms with Crippen molar-refractivity contribution in [2.75, 3.05) is 31.1 Å². The van der Waals surface area contributed by atoms with Crippen molar-refractivity contribution in [1.29, 1.82) is 0 Å². The van der Waals surface area contributed by atoms with E-state index in [1.165, 1.54) is 5.56 Å². The van der Waals surface area contributed by atoms with E-state index in [1.807, 2.05) is 65.6 Å². The number of aromatic nitrogens is 4. The van der Waals surface area contributed by atoms with Crippen molar-refractivity contribution in [3.63, 3.8) is 0 Å². The van der Waals surface area contributed by atoms with Crippen LogP contribution >= 0.6 is 0 Å². The summed E-state index contributed by atoms with van der Waals surface area (Å²) in [5.74, 6) is 1.76. The molecule has 6 rings (SSSR count). The van der Waals surface area contributed by atoms with Gasteiger partial charge < -0.3 is 9.80 Å². The van der Waals surface area contributed by atoms with Gasteiger partial charge in [-0.3, -0.25) is 4.79 Å². The van der Waals surface area contributed by atoms with Gasteiger partial charge in [-0.1, -0.05) is 66.2 Å². The molecule has 0 unspecified atom stereocenters. The minimum atomic E-state index is 0.164. The van der Waals surface area contributed by atoms with Gasteiger partial charge in [0.05, 0.1) is 11.9 Å². The minimum Gasteiger partial charge on any atom is -0.339 e. The van der Waals surface area contributed by atoms with Gasteiger partial charge in [-0.15, -0.1) is 10.2 Å². The first-order valence-corrected chi connectivity index (χ1v) is 11.9. The Morgan fingerprint density at radius 3 is 2.43 bits per heavy atom. The molecule has 1 saturated heterocycles. The summed E-state index contributed by atoms with van der Waals surface area (Å²) in [4.78, 5) is 22.1. The van der Waals surface area contributed by atoms with Crippen LogP contribution in [0.2, 0.25) is 0 Å². The Morgan fingerprint density at radius 1 is 0.857 bits per heavy atom. The molecule has 1 aliphatic rings. The topological polar surface area (TPSA) is 66.6 Å². The Labute approximate surface area is 203 Å². The van der Waals surface area contributed by atoms with Crippen molar-refractivity contribution in [1.82, 2.24) is 24.5 Å². The van der Waals surface area contributed by atoms with Crippen molar-refractivity contribution in [3.8, 4) is 11.4 Å². The third kappa shape index (κ3) is 3.99. The van der Waals surface area contributed by atoms with Crippen LogP contribution in [0.15, 0.2) is 78.9 Å². The Kier molecular flexibility index (Phi) is 5.37. The molecule has 0 atom stereocenters. The molecule has 0 N–H and O–H groups in total. The molecule has 3 aromatic carbocycles. The van der Waals surface area contributed by atoms with Gasteiger partial charge in [0.15, 0.2) is 11.5 Å². The van der Waals surface area contributed by atoms with Crippen LogP contribution in [-0.4, -0.2) is 56.6 Å². The van der Waals surface area contributed by atoms with E-state index < -0.39 is 0 Å². The number of hydrogen-bond donors (Lipinski definition) is 0. The number of piperazine rings is 1. The first-order chi connectivity index (χ1) is 17.2. The van der Waals surface area contributed by atoms with Crippen LogP contribution < -0.4 is 4.90 Å². The summed E-state index contributed by atoms with van der Waals surface area (Å²) in [5, 5.41) is 10.1. The maximum Gasteiger partial charge on any atom is 0.227 e. The fourth-order valence-corrected chi connectivity index (χ4v) is 4.79.